The van der Waals surface area contributed by atoms with Crippen molar-refractivity contribution in [3.63, 3.8) is 0 Å². The number of nitrogens with one attached hydrogen (secondary N) is 1. The second-order valence-corrected chi connectivity index (χ2v) is 5.01. The number of halogens is 1. The van der Waals surface area contributed by atoms with Crippen LogP contribution in [0, 0.1) is 11.8 Å². The fraction of sp³-hybridized carbons (Fsp3) is 0.583. The Labute approximate surface area is 106 Å². The standard InChI is InChI=1S/C12H16ClN3O/c1-8-3-2-4-9(8)7-14-12(17)10-5-6-11(13)16-15-10/h5-6,8-9H,2-4,7H2,1H3,(H,14,17). The molecule has 2 unspecified atom stereocenters. The van der Waals surface area contributed by atoms with E-state index in [1.54, 1.807) is 12.1 Å². The first-order chi connectivity index (χ1) is 8.16. The molecule has 1 aliphatic rings. The normalized spacial score (nSPS) is 23.6. The van der Waals surface area contributed by atoms with Crippen LogP contribution in [0.25, 0.3) is 0 Å². The van der Waals surface area contributed by atoms with Gasteiger partial charge in [-0.15, -0.1) is 10.2 Å². The van der Waals surface area contributed by atoms with Gasteiger partial charge in [0.2, 0.25) is 0 Å². The summed E-state index contributed by atoms with van der Waals surface area (Å²) in [5.41, 5.74) is 0.319. The van der Waals surface area contributed by atoms with Gasteiger partial charge in [-0.25, -0.2) is 0 Å². The Balaban J connectivity index is 1.87. The zero-order chi connectivity index (χ0) is 12.3. The van der Waals surface area contributed by atoms with Crippen molar-refractivity contribution in [2.75, 3.05) is 6.54 Å². The molecule has 0 aliphatic heterocycles. The molecule has 1 aliphatic carbocycles. The average molecular weight is 254 g/mol. The molecule has 1 heterocycles. The van der Waals surface area contributed by atoms with E-state index in [1.165, 1.54) is 19.3 Å². The fourth-order valence-electron chi connectivity index (χ4n) is 2.28. The van der Waals surface area contributed by atoms with E-state index in [4.69, 9.17) is 11.6 Å². The first kappa shape index (κ1) is 12.3. The minimum atomic E-state index is -0.173. The second-order valence-electron chi connectivity index (χ2n) is 4.62. The summed E-state index contributed by atoms with van der Waals surface area (Å²) in [6.07, 6.45) is 3.73. The molecular weight excluding hydrogens is 238 g/mol. The molecule has 0 aromatic carbocycles. The van der Waals surface area contributed by atoms with Crippen LogP contribution in [0.15, 0.2) is 12.1 Å². The number of amides is 1. The number of aromatic nitrogens is 2. The lowest BCUT2D eigenvalue weighted by atomic mass is 9.98. The third-order valence-corrected chi connectivity index (χ3v) is 3.63. The number of carbonyl (C=O) groups excluding carboxylic acids is 1. The molecule has 1 aromatic heterocycles. The average Bonchev–Trinajstić information content (AvgIpc) is 2.73. The van der Waals surface area contributed by atoms with E-state index in [2.05, 4.69) is 22.4 Å². The van der Waals surface area contributed by atoms with Gasteiger partial charge in [-0.05, 0) is 30.4 Å². The lowest BCUT2D eigenvalue weighted by molar-refractivity contribution is 0.0938. The molecule has 2 rings (SSSR count). The highest BCUT2D eigenvalue weighted by Gasteiger charge is 2.23. The number of carbonyl (C=O) groups is 1. The summed E-state index contributed by atoms with van der Waals surface area (Å²) in [5.74, 6) is 1.12. The van der Waals surface area contributed by atoms with E-state index in [0.717, 1.165) is 6.54 Å². The third kappa shape index (κ3) is 3.16. The van der Waals surface area contributed by atoms with Gasteiger partial charge in [0.15, 0.2) is 10.8 Å². The van der Waals surface area contributed by atoms with Gasteiger partial charge in [0, 0.05) is 6.54 Å². The summed E-state index contributed by atoms with van der Waals surface area (Å²) < 4.78 is 0. The molecule has 2 atom stereocenters. The van der Waals surface area contributed by atoms with Crippen LogP contribution < -0.4 is 5.32 Å². The molecule has 0 saturated heterocycles. The van der Waals surface area contributed by atoms with E-state index in [0.29, 0.717) is 22.7 Å². The highest BCUT2D eigenvalue weighted by atomic mass is 35.5. The second kappa shape index (κ2) is 5.45. The molecule has 1 fully saturated rings. The van der Waals surface area contributed by atoms with Crippen LogP contribution in [0.2, 0.25) is 5.15 Å². The maximum Gasteiger partial charge on any atom is 0.271 e. The van der Waals surface area contributed by atoms with Gasteiger partial charge in [0.05, 0.1) is 0 Å². The van der Waals surface area contributed by atoms with Crippen LogP contribution in [-0.2, 0) is 0 Å². The van der Waals surface area contributed by atoms with Crippen LogP contribution in [0.3, 0.4) is 0 Å². The minimum Gasteiger partial charge on any atom is -0.350 e. The molecule has 17 heavy (non-hydrogen) atoms. The Kier molecular flexibility index (Phi) is 3.94. The van der Waals surface area contributed by atoms with Crippen molar-refractivity contribution < 1.29 is 4.79 Å². The molecule has 1 N–H and O–H groups in total. The topological polar surface area (TPSA) is 54.9 Å². The van der Waals surface area contributed by atoms with Gasteiger partial charge >= 0.3 is 0 Å². The van der Waals surface area contributed by atoms with Crippen LogP contribution >= 0.6 is 11.6 Å². The lowest BCUT2D eigenvalue weighted by Crippen LogP contribution is -2.30. The molecule has 92 valence electrons. The van der Waals surface area contributed by atoms with E-state index in [1.807, 2.05) is 0 Å². The van der Waals surface area contributed by atoms with Gasteiger partial charge < -0.3 is 5.32 Å². The maximum atomic E-state index is 11.8. The maximum absolute atomic E-state index is 11.8. The van der Waals surface area contributed by atoms with E-state index in [-0.39, 0.29) is 5.91 Å². The lowest BCUT2D eigenvalue weighted by Gasteiger charge is -2.15. The Hall–Kier alpha value is -1.16. The van der Waals surface area contributed by atoms with E-state index in [9.17, 15) is 4.79 Å². The van der Waals surface area contributed by atoms with Crippen molar-refractivity contribution in [2.24, 2.45) is 11.8 Å². The molecule has 4 nitrogen and oxygen atoms in total. The van der Waals surface area contributed by atoms with Crippen molar-refractivity contribution in [2.45, 2.75) is 26.2 Å². The third-order valence-electron chi connectivity index (χ3n) is 3.43. The Morgan fingerprint density at radius 2 is 2.29 bits per heavy atom. The highest BCUT2D eigenvalue weighted by Crippen LogP contribution is 2.30. The van der Waals surface area contributed by atoms with E-state index >= 15 is 0 Å². The first-order valence-electron chi connectivity index (χ1n) is 5.94. The first-order valence-corrected chi connectivity index (χ1v) is 6.32. The molecule has 1 saturated carbocycles. The van der Waals surface area contributed by atoms with Crippen LogP contribution in [0.1, 0.15) is 36.7 Å². The van der Waals surface area contributed by atoms with Gasteiger partial charge in [0.1, 0.15) is 0 Å². The molecule has 5 heteroatoms. The van der Waals surface area contributed by atoms with Gasteiger partial charge in [-0.3, -0.25) is 4.79 Å². The number of hydrogen-bond donors (Lipinski definition) is 1. The molecule has 0 radical (unpaired) electrons. The van der Waals surface area contributed by atoms with Crippen LogP contribution in [0.4, 0.5) is 0 Å². The Morgan fingerprint density at radius 1 is 1.47 bits per heavy atom. The number of hydrogen-bond acceptors (Lipinski definition) is 3. The SMILES string of the molecule is CC1CCCC1CNC(=O)c1ccc(Cl)nn1. The van der Waals surface area contributed by atoms with Gasteiger partial charge in [-0.1, -0.05) is 31.4 Å². The van der Waals surface area contributed by atoms with Crippen LogP contribution in [-0.4, -0.2) is 22.6 Å². The van der Waals surface area contributed by atoms with Crippen molar-refractivity contribution >= 4 is 17.5 Å². The van der Waals surface area contributed by atoms with Gasteiger partial charge in [0.25, 0.3) is 5.91 Å². The zero-order valence-corrected chi connectivity index (χ0v) is 10.6. The minimum absolute atomic E-state index is 0.173. The summed E-state index contributed by atoms with van der Waals surface area (Å²) in [7, 11) is 0. The number of nitrogens with zero attached hydrogens (tertiary/aromatic N) is 2. The summed E-state index contributed by atoms with van der Waals surface area (Å²) >= 11 is 5.61. The molecule has 0 bridgehead atoms. The number of rotatable bonds is 3. The van der Waals surface area contributed by atoms with Crippen molar-refractivity contribution in [3.8, 4) is 0 Å². The van der Waals surface area contributed by atoms with Crippen molar-refractivity contribution in [3.05, 3.63) is 23.0 Å². The van der Waals surface area contributed by atoms with Crippen LogP contribution in [0.5, 0.6) is 0 Å². The highest BCUT2D eigenvalue weighted by molar-refractivity contribution is 6.29. The Bertz CT molecular complexity index is 393. The summed E-state index contributed by atoms with van der Waals surface area (Å²) in [6.45, 7) is 2.97. The Morgan fingerprint density at radius 3 is 2.88 bits per heavy atom. The molecule has 1 amide bonds. The zero-order valence-electron chi connectivity index (χ0n) is 9.82. The molecule has 0 spiro atoms. The van der Waals surface area contributed by atoms with E-state index < -0.39 is 0 Å². The molecular formula is C12H16ClN3O. The summed E-state index contributed by atoms with van der Waals surface area (Å²) in [5, 5.41) is 10.6. The monoisotopic (exact) mass is 253 g/mol. The quantitative estimate of drug-likeness (QED) is 0.899. The predicted molar refractivity (Wildman–Crippen MR) is 65.9 cm³/mol. The smallest absolute Gasteiger partial charge is 0.271 e. The summed E-state index contributed by atoms with van der Waals surface area (Å²) in [6, 6.07) is 3.16. The van der Waals surface area contributed by atoms with Gasteiger partial charge in [-0.2, -0.15) is 0 Å². The fourth-order valence-corrected chi connectivity index (χ4v) is 2.38. The molecule has 1 aromatic rings. The summed E-state index contributed by atoms with van der Waals surface area (Å²) in [4.78, 5) is 11.8. The predicted octanol–water partition coefficient (Wildman–Crippen LogP) is 2.30. The largest absolute Gasteiger partial charge is 0.350 e. The van der Waals surface area contributed by atoms with Crippen molar-refractivity contribution in [1.82, 2.24) is 15.5 Å². The van der Waals surface area contributed by atoms with Crippen molar-refractivity contribution in [1.29, 1.82) is 0 Å².